The molecule has 0 aliphatic heterocycles. The lowest BCUT2D eigenvalue weighted by Gasteiger charge is -2.10. The highest BCUT2D eigenvalue weighted by Crippen LogP contribution is 2.31. The van der Waals surface area contributed by atoms with Gasteiger partial charge in [0.05, 0.1) is 17.6 Å². The molecule has 1 aromatic heterocycles. The number of sulfonamides is 1. The lowest BCUT2D eigenvalue weighted by molar-refractivity contribution is -0.137. The summed E-state index contributed by atoms with van der Waals surface area (Å²) in [7, 11) is -2.92. The highest BCUT2D eigenvalue weighted by atomic mass is 32.2. The third-order valence-electron chi connectivity index (χ3n) is 3.94. The van der Waals surface area contributed by atoms with Gasteiger partial charge in [-0.15, -0.1) is 0 Å². The Morgan fingerprint density at radius 1 is 1.17 bits per heavy atom. The first-order valence-electron chi connectivity index (χ1n) is 8.23. The number of hydrogen-bond donors (Lipinski definition) is 3. The molecule has 0 aliphatic carbocycles. The van der Waals surface area contributed by atoms with Gasteiger partial charge >= 0.3 is 6.18 Å². The van der Waals surface area contributed by atoms with E-state index >= 15 is 0 Å². The molecule has 0 saturated heterocycles. The largest absolute Gasteiger partial charge is 0.497 e. The molecule has 0 atom stereocenters. The Morgan fingerprint density at radius 2 is 1.87 bits per heavy atom. The minimum absolute atomic E-state index is 0.101. The maximum atomic E-state index is 12.9. The predicted octanol–water partition coefficient (Wildman–Crippen LogP) is 3.85. The second-order valence-corrected chi connectivity index (χ2v) is 7.60. The van der Waals surface area contributed by atoms with E-state index in [0.717, 1.165) is 18.2 Å². The van der Waals surface area contributed by atoms with Crippen LogP contribution in [0.25, 0.3) is 0 Å². The summed E-state index contributed by atoms with van der Waals surface area (Å²) in [6.07, 6.45) is -4.70. The number of aromatic nitrogens is 2. The number of alkyl halides is 3. The van der Waals surface area contributed by atoms with Crippen LogP contribution in [0.3, 0.4) is 0 Å². The van der Waals surface area contributed by atoms with Gasteiger partial charge in [-0.1, -0.05) is 6.07 Å². The van der Waals surface area contributed by atoms with Crippen molar-refractivity contribution in [3.05, 3.63) is 59.7 Å². The van der Waals surface area contributed by atoms with Crippen molar-refractivity contribution in [1.29, 1.82) is 5.26 Å². The van der Waals surface area contributed by atoms with Crippen LogP contribution in [0.15, 0.2) is 53.4 Å². The molecule has 0 spiro atoms. The van der Waals surface area contributed by atoms with E-state index < -0.39 is 26.7 Å². The number of anilines is 3. The van der Waals surface area contributed by atoms with Crippen LogP contribution in [0, 0.1) is 11.3 Å². The zero-order chi connectivity index (χ0) is 21.9. The third-order valence-corrected chi connectivity index (χ3v) is 5.28. The van der Waals surface area contributed by atoms with Gasteiger partial charge in [-0.2, -0.15) is 23.5 Å². The molecule has 0 bridgehead atoms. The van der Waals surface area contributed by atoms with Crippen molar-refractivity contribution in [2.45, 2.75) is 11.1 Å². The molecular weight excluding hydrogens is 423 g/mol. The number of H-pyrrole nitrogens is 1. The quantitative estimate of drug-likeness (QED) is 0.539. The van der Waals surface area contributed by atoms with Crippen molar-refractivity contribution in [3.8, 4) is 11.8 Å². The fourth-order valence-corrected chi connectivity index (χ4v) is 3.52. The van der Waals surface area contributed by atoms with E-state index in [-0.39, 0.29) is 17.2 Å². The van der Waals surface area contributed by atoms with Crippen LogP contribution in [0.1, 0.15) is 11.1 Å². The number of nitrogens with zero attached hydrogens (tertiary/aromatic N) is 2. The molecule has 1 heterocycles. The lowest BCUT2D eigenvalue weighted by Crippen LogP contribution is -2.15. The van der Waals surface area contributed by atoms with Crippen molar-refractivity contribution >= 4 is 27.3 Å². The van der Waals surface area contributed by atoms with E-state index in [9.17, 15) is 26.9 Å². The summed E-state index contributed by atoms with van der Waals surface area (Å²) in [6, 6.07) is 11.7. The smallest absolute Gasteiger partial charge is 0.416 e. The molecule has 156 valence electrons. The molecule has 0 aliphatic rings. The SMILES string of the molecule is COc1ccc(Nc2[nH]nc(NS(=O)(=O)c3cccc(C(F)(F)F)c3)c2C#N)cc1. The van der Waals surface area contributed by atoms with Crippen molar-refractivity contribution in [2.75, 3.05) is 17.1 Å². The molecule has 0 fully saturated rings. The van der Waals surface area contributed by atoms with Gasteiger partial charge in [0.15, 0.2) is 5.82 Å². The molecule has 0 saturated carbocycles. The van der Waals surface area contributed by atoms with E-state index in [2.05, 4.69) is 15.5 Å². The molecule has 0 amide bonds. The van der Waals surface area contributed by atoms with Gasteiger partial charge in [-0.05, 0) is 42.5 Å². The number of halogens is 3. The second kappa shape index (κ2) is 7.96. The first-order valence-corrected chi connectivity index (χ1v) is 9.72. The Bertz CT molecular complexity index is 1200. The number of nitriles is 1. The summed E-state index contributed by atoms with van der Waals surface area (Å²) in [4.78, 5) is -0.617. The van der Waals surface area contributed by atoms with E-state index in [0.29, 0.717) is 17.5 Å². The van der Waals surface area contributed by atoms with Crippen LogP contribution in [-0.4, -0.2) is 25.7 Å². The average Bonchev–Trinajstić information content (AvgIpc) is 3.08. The Labute approximate surface area is 169 Å². The Morgan fingerprint density at radius 3 is 2.47 bits per heavy atom. The van der Waals surface area contributed by atoms with Gasteiger partial charge in [0, 0.05) is 5.69 Å². The number of benzene rings is 2. The molecule has 0 unspecified atom stereocenters. The van der Waals surface area contributed by atoms with Gasteiger partial charge in [0.1, 0.15) is 23.2 Å². The molecule has 12 heteroatoms. The van der Waals surface area contributed by atoms with E-state index in [4.69, 9.17) is 4.74 Å². The maximum Gasteiger partial charge on any atom is 0.416 e. The van der Waals surface area contributed by atoms with Gasteiger partial charge in [0.2, 0.25) is 0 Å². The zero-order valence-electron chi connectivity index (χ0n) is 15.3. The van der Waals surface area contributed by atoms with Crippen molar-refractivity contribution < 1.29 is 26.3 Å². The molecule has 3 N–H and O–H groups in total. The zero-order valence-corrected chi connectivity index (χ0v) is 16.1. The highest BCUT2D eigenvalue weighted by molar-refractivity contribution is 7.92. The second-order valence-electron chi connectivity index (χ2n) is 5.92. The maximum absolute atomic E-state index is 12.9. The number of ether oxygens (including phenoxy) is 1. The van der Waals surface area contributed by atoms with Crippen LogP contribution in [-0.2, 0) is 16.2 Å². The standard InChI is InChI=1S/C18H14F3N5O3S/c1-29-13-7-5-12(6-8-13)23-16-15(10-22)17(25-24-16)26-30(27,28)14-4-2-3-11(9-14)18(19,20)21/h2-9H,1H3,(H3,23,24,25,26). The van der Waals surface area contributed by atoms with Crippen LogP contribution >= 0.6 is 0 Å². The van der Waals surface area contributed by atoms with Crippen LogP contribution in [0.2, 0.25) is 0 Å². The van der Waals surface area contributed by atoms with Crippen LogP contribution in [0.4, 0.5) is 30.5 Å². The fourth-order valence-electron chi connectivity index (χ4n) is 2.46. The number of nitrogens with one attached hydrogen (secondary N) is 3. The van der Waals surface area contributed by atoms with Gasteiger partial charge in [-0.25, -0.2) is 8.42 Å². The number of rotatable bonds is 6. The van der Waals surface area contributed by atoms with Crippen molar-refractivity contribution in [2.24, 2.45) is 0 Å². The monoisotopic (exact) mass is 437 g/mol. The molecule has 3 rings (SSSR count). The normalized spacial score (nSPS) is 11.6. The Balaban J connectivity index is 1.87. The van der Waals surface area contributed by atoms with Gasteiger partial charge in [-0.3, -0.25) is 9.82 Å². The number of hydrogen-bond acceptors (Lipinski definition) is 6. The highest BCUT2D eigenvalue weighted by Gasteiger charge is 2.32. The van der Waals surface area contributed by atoms with E-state index in [1.54, 1.807) is 24.3 Å². The van der Waals surface area contributed by atoms with Crippen LogP contribution < -0.4 is 14.8 Å². The van der Waals surface area contributed by atoms with Crippen molar-refractivity contribution in [1.82, 2.24) is 10.2 Å². The van der Waals surface area contributed by atoms with Crippen molar-refractivity contribution in [3.63, 3.8) is 0 Å². The van der Waals surface area contributed by atoms with Gasteiger partial charge in [0.25, 0.3) is 10.0 Å². The first kappa shape index (κ1) is 21.0. The minimum atomic E-state index is -4.70. The fraction of sp³-hybridized carbons (Fsp3) is 0.111. The predicted molar refractivity (Wildman–Crippen MR) is 102 cm³/mol. The molecule has 30 heavy (non-hydrogen) atoms. The summed E-state index contributed by atoms with van der Waals surface area (Å²) in [5.74, 6) is 0.357. The number of aromatic amines is 1. The van der Waals surface area contributed by atoms with E-state index in [1.807, 2.05) is 10.8 Å². The summed E-state index contributed by atoms with van der Waals surface area (Å²) in [5, 5.41) is 18.5. The summed E-state index contributed by atoms with van der Waals surface area (Å²) < 4.78 is 70.7. The Hall–Kier alpha value is -3.72. The molecule has 3 aromatic rings. The molecule has 0 radical (unpaired) electrons. The van der Waals surface area contributed by atoms with E-state index in [1.165, 1.54) is 7.11 Å². The van der Waals surface area contributed by atoms with Crippen LogP contribution in [0.5, 0.6) is 5.75 Å². The molecule has 8 nitrogen and oxygen atoms in total. The summed E-state index contributed by atoms with van der Waals surface area (Å²) in [6.45, 7) is 0. The average molecular weight is 437 g/mol. The molecule has 2 aromatic carbocycles. The number of methoxy groups -OCH3 is 1. The topological polar surface area (TPSA) is 120 Å². The third kappa shape index (κ3) is 4.47. The first-order chi connectivity index (χ1) is 14.1. The summed E-state index contributed by atoms with van der Waals surface area (Å²) >= 11 is 0. The lowest BCUT2D eigenvalue weighted by atomic mass is 10.2. The summed E-state index contributed by atoms with van der Waals surface area (Å²) in [5.41, 5.74) is -0.723. The minimum Gasteiger partial charge on any atom is -0.497 e. The van der Waals surface area contributed by atoms with Gasteiger partial charge < -0.3 is 10.1 Å². The Kier molecular flexibility index (Phi) is 5.57. The molecular formula is C18H14F3N5O3S.